The minimum Gasteiger partial charge on any atom is -0.490 e. The van der Waals surface area contributed by atoms with Crippen molar-refractivity contribution in [3.63, 3.8) is 0 Å². The molecule has 3 aromatic rings. The van der Waals surface area contributed by atoms with Gasteiger partial charge >= 0.3 is 5.69 Å². The van der Waals surface area contributed by atoms with Crippen molar-refractivity contribution in [1.29, 1.82) is 0 Å². The molecule has 0 saturated carbocycles. The van der Waals surface area contributed by atoms with E-state index < -0.39 is 11.2 Å². The van der Waals surface area contributed by atoms with Crippen LogP contribution in [0.3, 0.4) is 0 Å². The zero-order valence-corrected chi connectivity index (χ0v) is 18.6. The van der Waals surface area contributed by atoms with E-state index in [9.17, 15) is 9.59 Å². The van der Waals surface area contributed by atoms with E-state index >= 15 is 0 Å². The van der Waals surface area contributed by atoms with Gasteiger partial charge in [0.1, 0.15) is 6.61 Å². The third-order valence-corrected chi connectivity index (χ3v) is 6.04. The molecule has 0 saturated heterocycles. The van der Waals surface area contributed by atoms with E-state index in [1.54, 1.807) is 36.4 Å². The Balaban J connectivity index is 2.09. The van der Waals surface area contributed by atoms with Crippen molar-refractivity contribution in [2.75, 3.05) is 13.2 Å². The Morgan fingerprint density at radius 1 is 1.21 bits per heavy atom. The van der Waals surface area contributed by atoms with Crippen molar-refractivity contribution < 1.29 is 9.47 Å². The summed E-state index contributed by atoms with van der Waals surface area (Å²) in [5.74, 6) is 1.00. The average molecular weight is 523 g/mol. The highest BCUT2D eigenvalue weighted by Crippen LogP contribution is 2.42. The molecule has 0 atom stereocenters. The van der Waals surface area contributed by atoms with Crippen LogP contribution in [-0.2, 0) is 0 Å². The number of hydrogen-bond donors (Lipinski definition) is 1. The van der Waals surface area contributed by atoms with Gasteiger partial charge < -0.3 is 14.5 Å². The van der Waals surface area contributed by atoms with Gasteiger partial charge in [-0.05, 0) is 57.0 Å². The Labute approximate surface area is 182 Å². The second-order valence-corrected chi connectivity index (χ2v) is 7.38. The summed E-state index contributed by atoms with van der Waals surface area (Å²) in [4.78, 5) is 27.5. The lowest BCUT2D eigenvalue weighted by Gasteiger charge is -2.15. The topological polar surface area (TPSA) is 85.7 Å². The highest BCUT2D eigenvalue weighted by molar-refractivity contribution is 9.13. The largest absolute Gasteiger partial charge is 0.490 e. The molecular weight excluding hydrogens is 506 g/mol. The molecule has 0 spiro atoms. The van der Waals surface area contributed by atoms with E-state index in [-0.39, 0.29) is 0 Å². The van der Waals surface area contributed by atoms with Crippen molar-refractivity contribution in [1.82, 2.24) is 9.66 Å². The Bertz CT molecular complexity index is 1210. The van der Waals surface area contributed by atoms with Crippen LogP contribution in [-0.4, -0.2) is 29.1 Å². The molecule has 29 heavy (non-hydrogen) atoms. The van der Waals surface area contributed by atoms with E-state index in [4.69, 9.17) is 9.47 Å². The van der Waals surface area contributed by atoms with E-state index in [0.29, 0.717) is 50.1 Å². The first-order valence-electron chi connectivity index (χ1n) is 8.64. The molecule has 0 aliphatic carbocycles. The summed E-state index contributed by atoms with van der Waals surface area (Å²) < 4.78 is 13.4. The molecular formula is C20H17Br2N3O4. The minimum absolute atomic E-state index is 0.306. The number of benzene rings is 2. The van der Waals surface area contributed by atoms with Crippen LogP contribution in [0, 0.1) is 0 Å². The molecule has 0 radical (unpaired) electrons. The van der Waals surface area contributed by atoms with Crippen molar-refractivity contribution in [3.05, 3.63) is 78.3 Å². The molecule has 150 valence electrons. The van der Waals surface area contributed by atoms with E-state index in [2.05, 4.69) is 48.5 Å². The molecule has 0 fully saturated rings. The first-order chi connectivity index (χ1) is 14.0. The number of aromatic nitrogens is 2. The van der Waals surface area contributed by atoms with Crippen LogP contribution in [0.1, 0.15) is 12.5 Å². The summed E-state index contributed by atoms with van der Waals surface area (Å²) in [6.07, 6.45) is 3.03. The SMILES string of the molecule is C=CCOc1c(OCC)cc(C=Nn2c(=O)[nH]c3ccccc3c2=O)c(Br)c1Br. The number of rotatable bonds is 7. The smallest absolute Gasteiger partial charge is 0.349 e. The molecule has 1 aromatic heterocycles. The van der Waals surface area contributed by atoms with Gasteiger partial charge in [-0.15, -0.1) is 4.68 Å². The monoisotopic (exact) mass is 521 g/mol. The van der Waals surface area contributed by atoms with E-state index in [0.717, 1.165) is 4.68 Å². The van der Waals surface area contributed by atoms with E-state index in [1.165, 1.54) is 6.21 Å². The van der Waals surface area contributed by atoms with Crippen LogP contribution in [0.2, 0.25) is 0 Å². The number of hydrogen-bond acceptors (Lipinski definition) is 5. The fourth-order valence-electron chi connectivity index (χ4n) is 2.62. The van der Waals surface area contributed by atoms with Gasteiger partial charge in [-0.1, -0.05) is 24.8 Å². The van der Waals surface area contributed by atoms with Gasteiger partial charge in [0.25, 0.3) is 5.56 Å². The van der Waals surface area contributed by atoms with Gasteiger partial charge in [0.2, 0.25) is 0 Å². The number of para-hydroxylation sites is 1. The van der Waals surface area contributed by atoms with Gasteiger partial charge in [0.05, 0.1) is 28.2 Å². The quantitative estimate of drug-likeness (QED) is 0.374. The van der Waals surface area contributed by atoms with Crippen molar-refractivity contribution >= 4 is 49.0 Å². The highest BCUT2D eigenvalue weighted by atomic mass is 79.9. The number of fused-ring (bicyclic) bond motifs is 1. The molecule has 9 heteroatoms. The predicted octanol–water partition coefficient (Wildman–Crippen LogP) is 4.06. The van der Waals surface area contributed by atoms with Crippen molar-refractivity contribution in [2.24, 2.45) is 5.10 Å². The Morgan fingerprint density at radius 3 is 2.69 bits per heavy atom. The normalized spacial score (nSPS) is 11.1. The predicted molar refractivity (Wildman–Crippen MR) is 121 cm³/mol. The fourth-order valence-corrected chi connectivity index (χ4v) is 3.55. The molecule has 2 aromatic carbocycles. The van der Waals surface area contributed by atoms with Crippen LogP contribution in [0.5, 0.6) is 11.5 Å². The molecule has 0 aliphatic heterocycles. The lowest BCUT2D eigenvalue weighted by molar-refractivity contribution is 0.295. The third kappa shape index (κ3) is 4.35. The van der Waals surface area contributed by atoms with Crippen LogP contribution in [0.25, 0.3) is 10.9 Å². The van der Waals surface area contributed by atoms with Gasteiger partial charge in [0, 0.05) is 10.0 Å². The summed E-state index contributed by atoms with van der Waals surface area (Å²) in [6.45, 7) is 6.23. The zero-order valence-electron chi connectivity index (χ0n) is 15.4. The molecule has 3 rings (SSSR count). The highest BCUT2D eigenvalue weighted by Gasteiger charge is 2.17. The van der Waals surface area contributed by atoms with E-state index in [1.807, 2.05) is 6.92 Å². The Hall–Kier alpha value is -2.65. The zero-order chi connectivity index (χ0) is 21.0. The molecule has 0 bridgehead atoms. The maximum Gasteiger partial charge on any atom is 0.349 e. The van der Waals surface area contributed by atoms with Crippen molar-refractivity contribution in [2.45, 2.75) is 6.92 Å². The summed E-state index contributed by atoms with van der Waals surface area (Å²) >= 11 is 6.97. The van der Waals surface area contributed by atoms with Crippen LogP contribution < -0.4 is 20.7 Å². The summed E-state index contributed by atoms with van der Waals surface area (Å²) in [6, 6.07) is 8.47. The third-order valence-electron chi connectivity index (χ3n) is 3.90. The number of H-pyrrole nitrogens is 1. The van der Waals surface area contributed by atoms with Gasteiger partial charge in [-0.3, -0.25) is 4.79 Å². The second-order valence-electron chi connectivity index (χ2n) is 5.79. The molecule has 0 unspecified atom stereocenters. The number of nitrogens with one attached hydrogen (secondary N) is 1. The van der Waals surface area contributed by atoms with Gasteiger partial charge in [0.15, 0.2) is 11.5 Å². The standard InChI is InChI=1S/C20H17Br2N3O4/c1-3-9-29-18-15(28-4-2)10-12(16(21)17(18)22)11-23-25-19(26)13-7-5-6-8-14(13)24-20(25)27/h3,5-8,10-11H,1,4,9H2,2H3,(H,24,27). The Kier molecular flexibility index (Phi) is 6.71. The number of nitrogens with zero attached hydrogens (tertiary/aromatic N) is 2. The lowest BCUT2D eigenvalue weighted by atomic mass is 10.2. The summed E-state index contributed by atoms with van der Waals surface area (Å²) in [5, 5.41) is 4.46. The maximum atomic E-state index is 12.6. The van der Waals surface area contributed by atoms with Crippen molar-refractivity contribution in [3.8, 4) is 11.5 Å². The molecule has 1 N–H and O–H groups in total. The van der Waals surface area contributed by atoms with Gasteiger partial charge in [-0.2, -0.15) is 5.10 Å². The molecule has 7 nitrogen and oxygen atoms in total. The molecule has 1 heterocycles. The lowest BCUT2D eigenvalue weighted by Crippen LogP contribution is -2.32. The number of aromatic amines is 1. The first kappa shape index (κ1) is 21.1. The van der Waals surface area contributed by atoms with Crippen LogP contribution in [0.4, 0.5) is 0 Å². The average Bonchev–Trinajstić information content (AvgIpc) is 2.71. The minimum atomic E-state index is -0.629. The van der Waals surface area contributed by atoms with Gasteiger partial charge in [-0.25, -0.2) is 4.79 Å². The molecule has 0 aliphatic rings. The summed E-state index contributed by atoms with van der Waals surface area (Å²) in [5.41, 5.74) is -0.0890. The molecule has 0 amide bonds. The maximum absolute atomic E-state index is 12.6. The summed E-state index contributed by atoms with van der Waals surface area (Å²) in [7, 11) is 0. The second kappa shape index (κ2) is 9.23. The van der Waals surface area contributed by atoms with Crippen LogP contribution in [0.15, 0.2) is 66.6 Å². The fraction of sp³-hybridized carbons (Fsp3) is 0.150. The van der Waals surface area contributed by atoms with Crippen LogP contribution >= 0.6 is 31.9 Å². The Morgan fingerprint density at radius 2 is 1.97 bits per heavy atom. The first-order valence-corrected chi connectivity index (χ1v) is 10.2. The number of halogens is 2. The number of ether oxygens (including phenoxy) is 2.